The number of benzene rings is 1. The number of Topliss-reactive ketones (excluding diaryl/α,β-unsaturated/α-hetero) is 1. The highest BCUT2D eigenvalue weighted by molar-refractivity contribution is 9.09. The molecule has 0 aliphatic carbocycles. The number of hydrogen-bond acceptors (Lipinski definition) is 3. The van der Waals surface area contributed by atoms with E-state index in [1.165, 1.54) is 18.2 Å². The summed E-state index contributed by atoms with van der Waals surface area (Å²) in [4.78, 5) is 11.4. The molecule has 0 aliphatic heterocycles. The van der Waals surface area contributed by atoms with Gasteiger partial charge in [0.1, 0.15) is 5.75 Å². The van der Waals surface area contributed by atoms with Crippen LogP contribution in [0.1, 0.15) is 16.8 Å². The SMILES string of the molecule is Nc1cc(O)ccc1C(=O)CCBr. The van der Waals surface area contributed by atoms with Gasteiger partial charge in [-0.05, 0) is 12.1 Å². The Bertz CT molecular complexity index is 325. The van der Waals surface area contributed by atoms with E-state index in [9.17, 15) is 4.79 Å². The van der Waals surface area contributed by atoms with Crippen molar-refractivity contribution in [2.24, 2.45) is 0 Å². The number of carbonyl (C=O) groups is 1. The van der Waals surface area contributed by atoms with Crippen molar-refractivity contribution in [3.63, 3.8) is 0 Å². The van der Waals surface area contributed by atoms with Gasteiger partial charge in [-0.15, -0.1) is 0 Å². The third kappa shape index (κ3) is 2.45. The fourth-order valence-corrected chi connectivity index (χ4v) is 1.38. The number of aromatic hydroxyl groups is 1. The van der Waals surface area contributed by atoms with Crippen molar-refractivity contribution in [3.8, 4) is 5.75 Å². The Labute approximate surface area is 84.7 Å². The van der Waals surface area contributed by atoms with E-state index < -0.39 is 0 Å². The number of alkyl halides is 1. The molecule has 0 aromatic heterocycles. The van der Waals surface area contributed by atoms with Gasteiger partial charge in [-0.3, -0.25) is 4.79 Å². The van der Waals surface area contributed by atoms with Gasteiger partial charge in [-0.1, -0.05) is 15.9 Å². The van der Waals surface area contributed by atoms with Crippen molar-refractivity contribution in [2.75, 3.05) is 11.1 Å². The first-order valence-corrected chi connectivity index (χ1v) is 4.95. The lowest BCUT2D eigenvalue weighted by molar-refractivity contribution is 0.0990. The largest absolute Gasteiger partial charge is 0.508 e. The molecule has 0 aliphatic rings. The molecule has 0 radical (unpaired) electrons. The van der Waals surface area contributed by atoms with Crippen molar-refractivity contribution < 1.29 is 9.90 Å². The molecule has 70 valence electrons. The maximum absolute atomic E-state index is 11.4. The summed E-state index contributed by atoms with van der Waals surface area (Å²) in [5, 5.41) is 9.67. The van der Waals surface area contributed by atoms with Crippen LogP contribution >= 0.6 is 15.9 Å². The average molecular weight is 244 g/mol. The molecule has 1 rings (SSSR count). The first-order chi connectivity index (χ1) is 6.15. The monoisotopic (exact) mass is 243 g/mol. The molecule has 1 aromatic carbocycles. The Morgan fingerprint density at radius 3 is 2.77 bits per heavy atom. The number of carbonyl (C=O) groups excluding carboxylic acids is 1. The minimum Gasteiger partial charge on any atom is -0.508 e. The van der Waals surface area contributed by atoms with E-state index in [4.69, 9.17) is 10.8 Å². The van der Waals surface area contributed by atoms with Crippen molar-refractivity contribution in [3.05, 3.63) is 23.8 Å². The molecule has 0 saturated heterocycles. The standard InChI is InChI=1S/C9H10BrNO2/c10-4-3-9(13)7-2-1-6(12)5-8(7)11/h1-2,5,12H,3-4,11H2. The normalized spacial score (nSPS) is 9.92. The molecule has 0 spiro atoms. The maximum atomic E-state index is 11.4. The Hall–Kier alpha value is -1.03. The molecular formula is C9H10BrNO2. The van der Waals surface area contributed by atoms with Crippen LogP contribution in [0.4, 0.5) is 5.69 Å². The van der Waals surface area contributed by atoms with Gasteiger partial charge in [-0.2, -0.15) is 0 Å². The first-order valence-electron chi connectivity index (χ1n) is 3.83. The number of hydrogen-bond donors (Lipinski definition) is 2. The van der Waals surface area contributed by atoms with Crippen LogP contribution in [0.15, 0.2) is 18.2 Å². The van der Waals surface area contributed by atoms with Gasteiger partial charge >= 0.3 is 0 Å². The topological polar surface area (TPSA) is 63.3 Å². The van der Waals surface area contributed by atoms with Gasteiger partial charge in [0.05, 0.1) is 0 Å². The predicted octanol–water partition coefficient (Wildman–Crippen LogP) is 1.94. The summed E-state index contributed by atoms with van der Waals surface area (Å²) in [6.45, 7) is 0. The van der Waals surface area contributed by atoms with E-state index in [0.29, 0.717) is 23.0 Å². The Morgan fingerprint density at radius 2 is 2.23 bits per heavy atom. The second-order valence-electron chi connectivity index (χ2n) is 2.63. The van der Waals surface area contributed by atoms with Gasteiger partial charge in [0.15, 0.2) is 5.78 Å². The summed E-state index contributed by atoms with van der Waals surface area (Å²) in [6, 6.07) is 4.37. The second kappa shape index (κ2) is 4.28. The molecule has 13 heavy (non-hydrogen) atoms. The highest BCUT2D eigenvalue weighted by Crippen LogP contribution is 2.19. The minimum atomic E-state index is -0.0191. The number of nitrogen functional groups attached to an aromatic ring is 1. The van der Waals surface area contributed by atoms with Gasteiger partial charge in [0.2, 0.25) is 0 Å². The molecule has 0 atom stereocenters. The maximum Gasteiger partial charge on any atom is 0.165 e. The molecule has 0 fully saturated rings. The van der Waals surface area contributed by atoms with E-state index in [0.717, 1.165) is 0 Å². The highest BCUT2D eigenvalue weighted by Gasteiger charge is 2.08. The minimum absolute atomic E-state index is 0.0191. The summed E-state index contributed by atoms with van der Waals surface area (Å²) in [5.74, 6) is 0.0577. The summed E-state index contributed by atoms with van der Waals surface area (Å²) in [7, 11) is 0. The van der Waals surface area contributed by atoms with Crippen molar-refractivity contribution in [2.45, 2.75) is 6.42 Å². The lowest BCUT2D eigenvalue weighted by Crippen LogP contribution is -2.03. The van der Waals surface area contributed by atoms with E-state index >= 15 is 0 Å². The number of ketones is 1. The quantitative estimate of drug-likeness (QED) is 0.485. The predicted molar refractivity (Wildman–Crippen MR) is 55.3 cm³/mol. The van der Waals surface area contributed by atoms with Crippen molar-refractivity contribution in [1.82, 2.24) is 0 Å². The molecule has 0 amide bonds. The molecule has 0 bridgehead atoms. The summed E-state index contributed by atoms with van der Waals surface area (Å²) in [5.41, 5.74) is 6.35. The molecule has 4 heteroatoms. The number of halogens is 1. The van der Waals surface area contributed by atoms with Crippen LogP contribution in [-0.2, 0) is 0 Å². The molecule has 3 N–H and O–H groups in total. The molecule has 0 unspecified atom stereocenters. The third-order valence-corrected chi connectivity index (χ3v) is 2.05. The second-order valence-corrected chi connectivity index (χ2v) is 3.43. The zero-order valence-electron chi connectivity index (χ0n) is 6.96. The van der Waals surface area contributed by atoms with Gasteiger partial charge in [0.25, 0.3) is 0 Å². The number of phenols is 1. The smallest absolute Gasteiger partial charge is 0.165 e. The van der Waals surface area contributed by atoms with Crippen molar-refractivity contribution >= 4 is 27.4 Å². The first kappa shape index (κ1) is 10.1. The van der Waals surface area contributed by atoms with E-state index in [1.54, 1.807) is 0 Å². The van der Waals surface area contributed by atoms with Gasteiger partial charge < -0.3 is 10.8 Å². The lowest BCUT2D eigenvalue weighted by Gasteiger charge is -2.03. The number of rotatable bonds is 3. The van der Waals surface area contributed by atoms with Crippen LogP contribution in [0.3, 0.4) is 0 Å². The zero-order chi connectivity index (χ0) is 9.84. The van der Waals surface area contributed by atoms with Gasteiger partial charge in [0, 0.05) is 29.1 Å². The molecule has 0 saturated carbocycles. The highest BCUT2D eigenvalue weighted by atomic mass is 79.9. The van der Waals surface area contributed by atoms with Crippen LogP contribution in [0.25, 0.3) is 0 Å². The Balaban J connectivity index is 2.95. The molecular weight excluding hydrogens is 234 g/mol. The van der Waals surface area contributed by atoms with E-state index in [1.807, 2.05) is 0 Å². The lowest BCUT2D eigenvalue weighted by atomic mass is 10.1. The Kier molecular flexibility index (Phi) is 3.31. The fourth-order valence-electron chi connectivity index (χ4n) is 1.02. The third-order valence-electron chi connectivity index (χ3n) is 1.66. The van der Waals surface area contributed by atoms with Crippen LogP contribution in [0.2, 0.25) is 0 Å². The van der Waals surface area contributed by atoms with Crippen molar-refractivity contribution in [1.29, 1.82) is 0 Å². The fraction of sp³-hybridized carbons (Fsp3) is 0.222. The molecule has 1 aromatic rings. The van der Waals surface area contributed by atoms with Gasteiger partial charge in [-0.25, -0.2) is 0 Å². The molecule has 3 nitrogen and oxygen atoms in total. The van der Waals surface area contributed by atoms with Crippen LogP contribution in [0, 0.1) is 0 Å². The zero-order valence-corrected chi connectivity index (χ0v) is 8.54. The molecule has 0 heterocycles. The van der Waals surface area contributed by atoms with E-state index in [-0.39, 0.29) is 11.5 Å². The number of phenolic OH excluding ortho intramolecular Hbond substituents is 1. The van der Waals surface area contributed by atoms with Crippen LogP contribution in [-0.4, -0.2) is 16.2 Å². The van der Waals surface area contributed by atoms with Crippen LogP contribution in [0.5, 0.6) is 5.75 Å². The summed E-state index contributed by atoms with van der Waals surface area (Å²) < 4.78 is 0. The Morgan fingerprint density at radius 1 is 1.54 bits per heavy atom. The summed E-state index contributed by atoms with van der Waals surface area (Å²) in [6.07, 6.45) is 0.412. The summed E-state index contributed by atoms with van der Waals surface area (Å²) >= 11 is 3.18. The van der Waals surface area contributed by atoms with E-state index in [2.05, 4.69) is 15.9 Å². The van der Waals surface area contributed by atoms with Crippen LogP contribution < -0.4 is 5.73 Å². The number of anilines is 1. The number of nitrogens with two attached hydrogens (primary N) is 1. The average Bonchev–Trinajstić information content (AvgIpc) is 2.04.